The van der Waals surface area contributed by atoms with Crippen LogP contribution >= 0.6 is 0 Å². The number of carbonyl (C=O) groups excluding carboxylic acids is 2. The lowest BCUT2D eigenvalue weighted by Crippen LogP contribution is -2.67. The number of halogens is 1. The van der Waals surface area contributed by atoms with Gasteiger partial charge in [0.15, 0.2) is 17.7 Å². The van der Waals surface area contributed by atoms with Gasteiger partial charge in [0.2, 0.25) is 12.2 Å². The number of carbonyl (C=O) groups is 2. The van der Waals surface area contributed by atoms with Crippen LogP contribution in [0.25, 0.3) is 6.08 Å². The third-order valence-electron chi connectivity index (χ3n) is 7.45. The van der Waals surface area contributed by atoms with Crippen LogP contribution in [0.4, 0.5) is 4.39 Å². The summed E-state index contributed by atoms with van der Waals surface area (Å²) in [5.41, 5.74) is 3.49. The molecule has 5 rings (SSSR count). The standard InChI is InChI=1S/C29H33FN2O11/c1-14(28(37)31-21-22(34)24(36)27-26(23(21)35)39-13-40-27)9-16-7-8-19(17(30)10-16)42-20-11-18(33)25(43-20)29(38)32-41-12-15-5-3-2-4-6-15/h2-10,18,20-27,33-36H,11-13H2,1H3,(H,31,37)(H,32,38)/t18-,20+,21+,22-,23+,24+,25-,26-,27+/m0/s1. The molecule has 0 radical (unpaired) electrons. The Labute approximate surface area is 245 Å². The van der Waals surface area contributed by atoms with E-state index in [1.54, 1.807) is 0 Å². The Balaban J connectivity index is 1.14. The van der Waals surface area contributed by atoms with E-state index >= 15 is 0 Å². The molecule has 2 amide bonds. The summed E-state index contributed by atoms with van der Waals surface area (Å²) in [5, 5.41) is 44.0. The second-order valence-electron chi connectivity index (χ2n) is 10.5. The fraction of sp³-hybridized carbons (Fsp3) is 0.448. The normalized spacial score (nSPS) is 32.2. The van der Waals surface area contributed by atoms with Crippen LogP contribution in [0.2, 0.25) is 0 Å². The first-order valence-corrected chi connectivity index (χ1v) is 13.6. The first-order chi connectivity index (χ1) is 20.6. The van der Waals surface area contributed by atoms with E-state index in [0.29, 0.717) is 5.56 Å². The van der Waals surface area contributed by atoms with Gasteiger partial charge in [-0.15, -0.1) is 0 Å². The SMILES string of the molecule is CC(=Cc1ccc(O[C@H]2C[C@H](O)[C@@H](C(=O)NOCc3ccccc3)O2)c(F)c1)C(=O)N[C@@H]1[C@H](O)[C@@H](O)[C@H]2OCO[C@H]2[C@@H]1O. The highest BCUT2D eigenvalue weighted by Crippen LogP contribution is 2.31. The number of benzene rings is 2. The van der Waals surface area contributed by atoms with Crippen molar-refractivity contribution in [2.24, 2.45) is 0 Å². The van der Waals surface area contributed by atoms with E-state index in [0.717, 1.165) is 11.6 Å². The molecular formula is C29H33FN2O11. The molecule has 2 aromatic carbocycles. The first-order valence-electron chi connectivity index (χ1n) is 13.6. The van der Waals surface area contributed by atoms with Crippen LogP contribution in [0.5, 0.6) is 5.75 Å². The molecule has 0 unspecified atom stereocenters. The third-order valence-corrected chi connectivity index (χ3v) is 7.45. The average molecular weight is 605 g/mol. The van der Waals surface area contributed by atoms with Gasteiger partial charge in [0, 0.05) is 12.0 Å². The molecule has 232 valence electrons. The van der Waals surface area contributed by atoms with Crippen molar-refractivity contribution in [1.82, 2.24) is 10.8 Å². The topological polar surface area (TPSA) is 185 Å². The maximum atomic E-state index is 14.9. The summed E-state index contributed by atoms with van der Waals surface area (Å²) in [6.07, 6.45) is -8.38. The molecule has 2 aliphatic heterocycles. The zero-order valence-electron chi connectivity index (χ0n) is 23.0. The molecule has 0 spiro atoms. The second kappa shape index (κ2) is 13.4. The van der Waals surface area contributed by atoms with Crippen LogP contribution in [0.3, 0.4) is 0 Å². The number of hydroxylamine groups is 1. The zero-order valence-corrected chi connectivity index (χ0v) is 23.0. The van der Waals surface area contributed by atoms with E-state index < -0.39 is 72.7 Å². The number of ether oxygens (including phenoxy) is 4. The van der Waals surface area contributed by atoms with Crippen molar-refractivity contribution < 1.29 is 58.2 Å². The molecule has 2 aromatic rings. The van der Waals surface area contributed by atoms with Crippen LogP contribution in [0, 0.1) is 5.82 Å². The first kappa shape index (κ1) is 31.0. The lowest BCUT2D eigenvalue weighted by Gasteiger charge is -2.41. The highest BCUT2D eigenvalue weighted by atomic mass is 19.1. The number of aliphatic hydroxyl groups excluding tert-OH is 4. The van der Waals surface area contributed by atoms with Gasteiger partial charge in [-0.05, 0) is 36.3 Å². The maximum absolute atomic E-state index is 14.9. The lowest BCUT2D eigenvalue weighted by molar-refractivity contribution is -0.156. The van der Waals surface area contributed by atoms with E-state index in [4.69, 9.17) is 23.8 Å². The van der Waals surface area contributed by atoms with E-state index in [2.05, 4.69) is 10.8 Å². The van der Waals surface area contributed by atoms with E-state index in [1.807, 2.05) is 30.3 Å². The highest BCUT2D eigenvalue weighted by molar-refractivity contribution is 5.97. The minimum absolute atomic E-state index is 0.0938. The molecular weight excluding hydrogens is 571 g/mol. The van der Waals surface area contributed by atoms with Crippen LogP contribution in [0.15, 0.2) is 54.1 Å². The molecule has 0 bridgehead atoms. The van der Waals surface area contributed by atoms with Crippen molar-refractivity contribution in [3.8, 4) is 5.75 Å². The van der Waals surface area contributed by atoms with Crippen LogP contribution in [0.1, 0.15) is 24.5 Å². The molecule has 0 aromatic heterocycles. The fourth-order valence-electron chi connectivity index (χ4n) is 5.15. The molecule has 1 aliphatic carbocycles. The number of hydrogen-bond acceptors (Lipinski definition) is 11. The van der Waals surface area contributed by atoms with Crippen molar-refractivity contribution in [2.45, 2.75) is 75.0 Å². The van der Waals surface area contributed by atoms with Crippen LogP contribution < -0.4 is 15.5 Å². The highest BCUT2D eigenvalue weighted by Gasteiger charge is 2.53. The summed E-state index contributed by atoms with van der Waals surface area (Å²) < 4.78 is 36.4. The van der Waals surface area contributed by atoms with Gasteiger partial charge in [0.1, 0.15) is 37.3 Å². The molecule has 1 saturated carbocycles. The average Bonchev–Trinajstić information content (AvgIpc) is 3.63. The number of amides is 2. The predicted molar refractivity (Wildman–Crippen MR) is 144 cm³/mol. The number of aliphatic hydroxyl groups is 4. The van der Waals surface area contributed by atoms with Crippen molar-refractivity contribution in [1.29, 1.82) is 0 Å². The second-order valence-corrected chi connectivity index (χ2v) is 10.5. The van der Waals surface area contributed by atoms with E-state index in [-0.39, 0.29) is 31.1 Å². The number of rotatable bonds is 9. The number of fused-ring (bicyclic) bond motifs is 1. The summed E-state index contributed by atoms with van der Waals surface area (Å²) in [7, 11) is 0. The number of nitrogens with one attached hydrogen (secondary N) is 2. The Morgan fingerprint density at radius 2 is 1.74 bits per heavy atom. The van der Waals surface area contributed by atoms with Crippen LogP contribution in [-0.2, 0) is 35.2 Å². The molecule has 6 N–H and O–H groups in total. The Bertz CT molecular complexity index is 1330. The Kier molecular flexibility index (Phi) is 9.68. The monoisotopic (exact) mass is 604 g/mol. The molecule has 13 nitrogen and oxygen atoms in total. The van der Waals surface area contributed by atoms with Crippen LogP contribution in [-0.4, -0.2) is 94.1 Å². The molecule has 9 atom stereocenters. The van der Waals surface area contributed by atoms with Gasteiger partial charge < -0.3 is 44.7 Å². The van der Waals surface area contributed by atoms with Crippen molar-refractivity contribution in [2.75, 3.05) is 6.79 Å². The quantitative estimate of drug-likeness (QED) is 0.162. The Hall–Kier alpha value is -3.47. The minimum Gasteiger partial charge on any atom is -0.462 e. The van der Waals surface area contributed by atoms with Gasteiger partial charge >= 0.3 is 0 Å². The summed E-state index contributed by atoms with van der Waals surface area (Å²) in [6, 6.07) is 11.8. The molecule has 3 aliphatic rings. The molecule has 14 heteroatoms. The van der Waals surface area contributed by atoms with Crippen molar-refractivity contribution >= 4 is 17.9 Å². The fourth-order valence-corrected chi connectivity index (χ4v) is 5.15. The van der Waals surface area contributed by atoms with Crippen molar-refractivity contribution in [3.05, 3.63) is 71.0 Å². The van der Waals surface area contributed by atoms with Gasteiger partial charge in [-0.1, -0.05) is 36.4 Å². The molecule has 2 heterocycles. The predicted octanol–water partition coefficient (Wildman–Crippen LogP) is -0.346. The van der Waals surface area contributed by atoms with Crippen molar-refractivity contribution in [3.63, 3.8) is 0 Å². The van der Waals surface area contributed by atoms with Gasteiger partial charge in [0.05, 0.1) is 18.8 Å². The molecule has 2 saturated heterocycles. The molecule has 43 heavy (non-hydrogen) atoms. The van der Waals surface area contributed by atoms with Gasteiger partial charge in [-0.3, -0.25) is 14.4 Å². The Morgan fingerprint density at radius 1 is 1.02 bits per heavy atom. The van der Waals surface area contributed by atoms with Gasteiger partial charge in [-0.25, -0.2) is 9.87 Å². The molecule has 3 fully saturated rings. The Morgan fingerprint density at radius 3 is 2.47 bits per heavy atom. The number of hydrogen-bond donors (Lipinski definition) is 6. The summed E-state index contributed by atoms with van der Waals surface area (Å²) in [4.78, 5) is 30.4. The van der Waals surface area contributed by atoms with E-state index in [1.165, 1.54) is 25.1 Å². The minimum atomic E-state index is -1.51. The zero-order chi connectivity index (χ0) is 30.7. The van der Waals surface area contributed by atoms with Gasteiger partial charge in [0.25, 0.3) is 5.91 Å². The van der Waals surface area contributed by atoms with E-state index in [9.17, 15) is 34.4 Å². The van der Waals surface area contributed by atoms with Gasteiger partial charge in [-0.2, -0.15) is 0 Å². The maximum Gasteiger partial charge on any atom is 0.275 e. The largest absolute Gasteiger partial charge is 0.462 e. The summed E-state index contributed by atoms with van der Waals surface area (Å²) in [6.45, 7) is 1.41. The lowest BCUT2D eigenvalue weighted by atomic mass is 9.83. The smallest absolute Gasteiger partial charge is 0.275 e. The third kappa shape index (κ3) is 7.03. The summed E-state index contributed by atoms with van der Waals surface area (Å²) >= 11 is 0. The summed E-state index contributed by atoms with van der Waals surface area (Å²) in [5.74, 6) is -2.37.